The highest BCUT2D eigenvalue weighted by Crippen LogP contribution is 2.24. The molecule has 2 heterocycles. The fourth-order valence-corrected chi connectivity index (χ4v) is 3.92. The van der Waals surface area contributed by atoms with Crippen LogP contribution in [0.15, 0.2) is 59.5 Å². The molecule has 0 unspecified atom stereocenters. The van der Waals surface area contributed by atoms with Crippen LogP contribution in [0, 0.1) is 0 Å². The van der Waals surface area contributed by atoms with Gasteiger partial charge >= 0.3 is 5.97 Å². The molecule has 0 radical (unpaired) electrons. The van der Waals surface area contributed by atoms with E-state index in [4.69, 9.17) is 4.74 Å². The van der Waals surface area contributed by atoms with Crippen molar-refractivity contribution in [3.05, 3.63) is 76.3 Å². The predicted octanol–water partition coefficient (Wildman–Crippen LogP) is 4.21. The van der Waals surface area contributed by atoms with Gasteiger partial charge in [0.1, 0.15) is 5.60 Å². The van der Waals surface area contributed by atoms with Crippen LogP contribution in [0.1, 0.15) is 38.4 Å². The molecule has 6 heteroatoms. The summed E-state index contributed by atoms with van der Waals surface area (Å²) in [6.45, 7) is 5.66. The lowest BCUT2D eigenvalue weighted by Crippen LogP contribution is -2.28. The Morgan fingerprint density at radius 2 is 1.65 bits per heavy atom. The van der Waals surface area contributed by atoms with Crippen molar-refractivity contribution in [2.24, 2.45) is 7.05 Å². The molecule has 0 amide bonds. The highest BCUT2D eigenvalue weighted by molar-refractivity contribution is 5.87. The van der Waals surface area contributed by atoms with Crippen molar-refractivity contribution in [2.75, 3.05) is 0 Å². The Kier molecular flexibility index (Phi) is 5.39. The number of hydrogen-bond donors (Lipinski definition) is 0. The molecular formula is C25H27N3O3. The van der Waals surface area contributed by atoms with Gasteiger partial charge < -0.3 is 9.30 Å². The number of hydrogen-bond acceptors (Lipinski definition) is 4. The summed E-state index contributed by atoms with van der Waals surface area (Å²) in [5, 5.41) is 7.29. The van der Waals surface area contributed by atoms with Crippen molar-refractivity contribution in [2.45, 2.75) is 45.8 Å². The van der Waals surface area contributed by atoms with Gasteiger partial charge in [0.2, 0.25) is 0 Å². The van der Waals surface area contributed by atoms with Crippen LogP contribution in [0.5, 0.6) is 0 Å². The minimum atomic E-state index is -0.557. The van der Waals surface area contributed by atoms with Gasteiger partial charge in [-0.15, -0.1) is 0 Å². The van der Waals surface area contributed by atoms with Crippen LogP contribution in [0.25, 0.3) is 21.7 Å². The van der Waals surface area contributed by atoms with Crippen molar-refractivity contribution in [3.63, 3.8) is 0 Å². The van der Waals surface area contributed by atoms with Crippen LogP contribution < -0.4 is 5.56 Å². The van der Waals surface area contributed by atoms with Gasteiger partial charge in [0.15, 0.2) is 0 Å². The maximum Gasteiger partial charge on any atom is 0.308 e. The van der Waals surface area contributed by atoms with Crippen LogP contribution in [0.2, 0.25) is 0 Å². The molecule has 2 aromatic heterocycles. The van der Waals surface area contributed by atoms with E-state index < -0.39 is 5.60 Å². The Hall–Kier alpha value is -3.41. The van der Waals surface area contributed by atoms with E-state index in [1.165, 1.54) is 10.1 Å². The van der Waals surface area contributed by atoms with Crippen molar-refractivity contribution in [3.8, 4) is 0 Å². The first kappa shape index (κ1) is 20.8. The number of esters is 1. The number of aryl methyl sites for hydroxylation is 2. The zero-order valence-corrected chi connectivity index (χ0v) is 18.4. The second kappa shape index (κ2) is 8.02. The number of benzene rings is 2. The molecule has 0 saturated heterocycles. The third kappa shape index (κ3) is 4.38. The average molecular weight is 418 g/mol. The highest BCUT2D eigenvalue weighted by atomic mass is 16.6. The molecule has 0 aliphatic heterocycles. The Morgan fingerprint density at radius 3 is 2.35 bits per heavy atom. The maximum absolute atomic E-state index is 13.0. The summed E-state index contributed by atoms with van der Waals surface area (Å²) >= 11 is 0. The number of aromatic nitrogens is 3. The van der Waals surface area contributed by atoms with E-state index >= 15 is 0 Å². The number of fused-ring (bicyclic) bond motifs is 2. The molecule has 6 nitrogen and oxygen atoms in total. The Bertz CT molecular complexity index is 1330. The molecular weight excluding hydrogens is 390 g/mol. The van der Waals surface area contributed by atoms with E-state index in [1.807, 2.05) is 64.2 Å². The minimum Gasteiger partial charge on any atom is -0.460 e. The molecule has 0 aliphatic rings. The second-order valence-corrected chi connectivity index (χ2v) is 8.82. The first-order chi connectivity index (χ1) is 14.7. The van der Waals surface area contributed by atoms with Crippen molar-refractivity contribution in [1.29, 1.82) is 0 Å². The lowest BCUT2D eigenvalue weighted by molar-refractivity contribution is -0.155. The van der Waals surface area contributed by atoms with E-state index in [0.29, 0.717) is 11.8 Å². The van der Waals surface area contributed by atoms with E-state index in [9.17, 15) is 9.59 Å². The Morgan fingerprint density at radius 1 is 1.00 bits per heavy atom. The average Bonchev–Trinajstić information content (AvgIpc) is 3.04. The van der Waals surface area contributed by atoms with Gasteiger partial charge in [0, 0.05) is 36.0 Å². The van der Waals surface area contributed by atoms with Crippen LogP contribution in [-0.2, 0) is 29.5 Å². The monoisotopic (exact) mass is 417 g/mol. The zero-order valence-electron chi connectivity index (χ0n) is 18.4. The summed E-state index contributed by atoms with van der Waals surface area (Å²) in [6, 6.07) is 15.8. The summed E-state index contributed by atoms with van der Waals surface area (Å²) < 4.78 is 8.88. The number of carbonyl (C=O) groups excluding carboxylic acids is 1. The lowest BCUT2D eigenvalue weighted by Gasteiger charge is -2.19. The van der Waals surface area contributed by atoms with Crippen molar-refractivity contribution < 1.29 is 9.53 Å². The normalized spacial score (nSPS) is 11.9. The fourth-order valence-electron chi connectivity index (χ4n) is 3.92. The number of ether oxygens (including phenoxy) is 1. The van der Waals surface area contributed by atoms with Crippen molar-refractivity contribution in [1.82, 2.24) is 14.3 Å². The Balaban J connectivity index is 1.72. The van der Waals surface area contributed by atoms with E-state index in [-0.39, 0.29) is 24.5 Å². The van der Waals surface area contributed by atoms with Gasteiger partial charge in [-0.1, -0.05) is 36.4 Å². The summed E-state index contributed by atoms with van der Waals surface area (Å²) in [5.74, 6) is -0.343. The van der Waals surface area contributed by atoms with E-state index in [2.05, 4.69) is 28.0 Å². The molecule has 0 aliphatic carbocycles. The molecule has 0 bridgehead atoms. The first-order valence-electron chi connectivity index (χ1n) is 10.5. The fraction of sp³-hybridized carbons (Fsp3) is 0.320. The Labute approximate surface area is 181 Å². The van der Waals surface area contributed by atoms with E-state index in [1.54, 1.807) is 0 Å². The van der Waals surface area contributed by atoms with Gasteiger partial charge in [0.25, 0.3) is 5.56 Å². The number of rotatable bonds is 5. The molecule has 4 aromatic rings. The summed E-state index contributed by atoms with van der Waals surface area (Å²) in [7, 11) is 2.03. The number of nitrogens with zero attached hydrogens (tertiary/aromatic N) is 3. The van der Waals surface area contributed by atoms with Crippen molar-refractivity contribution >= 4 is 27.6 Å². The summed E-state index contributed by atoms with van der Waals surface area (Å²) in [6.07, 6.45) is 2.79. The molecule has 0 N–H and O–H groups in total. The molecule has 31 heavy (non-hydrogen) atoms. The molecule has 4 rings (SSSR count). The van der Waals surface area contributed by atoms with Gasteiger partial charge in [0.05, 0.1) is 24.0 Å². The molecule has 0 atom stereocenters. The predicted molar refractivity (Wildman–Crippen MR) is 122 cm³/mol. The van der Waals surface area contributed by atoms with Crippen LogP contribution in [0.4, 0.5) is 0 Å². The van der Waals surface area contributed by atoms with Gasteiger partial charge in [-0.3, -0.25) is 9.59 Å². The molecule has 160 valence electrons. The van der Waals surface area contributed by atoms with E-state index in [0.717, 1.165) is 22.2 Å². The van der Waals surface area contributed by atoms with Gasteiger partial charge in [-0.25, -0.2) is 4.68 Å². The lowest BCUT2D eigenvalue weighted by atomic mass is 10.0. The molecule has 2 aromatic carbocycles. The minimum absolute atomic E-state index is 0.0935. The summed E-state index contributed by atoms with van der Waals surface area (Å²) in [5.41, 5.74) is 2.36. The number of para-hydroxylation sites is 1. The number of carbonyl (C=O) groups is 1. The highest BCUT2D eigenvalue weighted by Gasteiger charge is 2.18. The molecule has 0 spiro atoms. The van der Waals surface area contributed by atoms with Crippen LogP contribution in [0.3, 0.4) is 0 Å². The third-order valence-electron chi connectivity index (χ3n) is 5.23. The van der Waals surface area contributed by atoms with Crippen LogP contribution in [-0.4, -0.2) is 25.9 Å². The maximum atomic E-state index is 13.0. The second-order valence-electron chi connectivity index (χ2n) is 8.82. The largest absolute Gasteiger partial charge is 0.460 e. The topological polar surface area (TPSA) is 66.1 Å². The molecule has 0 saturated carbocycles. The smallest absolute Gasteiger partial charge is 0.308 e. The quantitative estimate of drug-likeness (QED) is 0.456. The van der Waals surface area contributed by atoms with Crippen LogP contribution >= 0.6 is 0 Å². The van der Waals surface area contributed by atoms with Gasteiger partial charge in [-0.2, -0.15) is 5.10 Å². The summed E-state index contributed by atoms with van der Waals surface area (Å²) in [4.78, 5) is 25.2. The van der Waals surface area contributed by atoms with Gasteiger partial charge in [-0.05, 0) is 38.5 Å². The third-order valence-corrected chi connectivity index (χ3v) is 5.23. The first-order valence-corrected chi connectivity index (χ1v) is 10.5. The SMILES string of the molecule is Cn1cc(Cc2nn(CCC(=O)OC(C)(C)C)c(=O)c3ccccc23)c2ccccc21. The standard InChI is InChI=1S/C25H27N3O3/c1-25(2,3)31-23(29)13-14-28-24(30)20-11-6-5-10-19(20)21(26-28)15-17-16-27(4)22-12-8-7-9-18(17)22/h5-12,16H,13-15H2,1-4H3. The zero-order chi connectivity index (χ0) is 22.2. The molecule has 0 fully saturated rings.